The molecule has 0 aromatic heterocycles. The number of hydrogen-bond donors (Lipinski definition) is 0. The van der Waals surface area contributed by atoms with Crippen LogP contribution in [0.1, 0.15) is 71.1 Å². The molecule has 6 atom stereocenters. The minimum absolute atomic E-state index is 0.571. The van der Waals surface area contributed by atoms with E-state index in [-0.39, 0.29) is 0 Å². The van der Waals surface area contributed by atoms with Crippen molar-refractivity contribution < 1.29 is 4.79 Å². The van der Waals surface area contributed by atoms with Gasteiger partial charge in [-0.05, 0) is 80.0 Å². The summed E-state index contributed by atoms with van der Waals surface area (Å²) < 4.78 is 0. The Morgan fingerprint density at radius 2 is 1.84 bits per heavy atom. The number of ketones is 1. The smallest absolute Gasteiger partial charge is 0.133 e. The van der Waals surface area contributed by atoms with E-state index >= 15 is 0 Å². The van der Waals surface area contributed by atoms with Crippen molar-refractivity contribution in [1.82, 2.24) is 0 Å². The van der Waals surface area contributed by atoms with Crippen molar-refractivity contribution in [2.75, 3.05) is 0 Å². The van der Waals surface area contributed by atoms with Gasteiger partial charge in [-0.15, -0.1) is 0 Å². The molecule has 106 valence electrons. The van der Waals surface area contributed by atoms with Crippen LogP contribution >= 0.6 is 0 Å². The molecule has 0 radical (unpaired) electrons. The van der Waals surface area contributed by atoms with Crippen LogP contribution in [-0.2, 0) is 4.79 Å². The molecule has 4 fully saturated rings. The van der Waals surface area contributed by atoms with Gasteiger partial charge in [-0.1, -0.05) is 13.3 Å². The van der Waals surface area contributed by atoms with Crippen LogP contribution in [0.4, 0.5) is 0 Å². The van der Waals surface area contributed by atoms with E-state index in [1.54, 1.807) is 0 Å². The number of hydrogen-bond acceptors (Lipinski definition) is 1. The van der Waals surface area contributed by atoms with Crippen molar-refractivity contribution >= 4 is 5.78 Å². The standard InChI is InChI=1S/C18H28O/c1-18-9-2-3-17(18)15-7-5-12-4-6-13(19)11-16(12)14(15)8-10-18/h12,14-17H,2-11H2,1H3. The largest absolute Gasteiger partial charge is 0.300 e. The van der Waals surface area contributed by atoms with Gasteiger partial charge < -0.3 is 0 Å². The first-order valence-electron chi connectivity index (χ1n) is 8.69. The highest BCUT2D eigenvalue weighted by Crippen LogP contribution is 2.62. The van der Waals surface area contributed by atoms with Gasteiger partial charge in [0.2, 0.25) is 0 Å². The summed E-state index contributed by atoms with van der Waals surface area (Å²) in [6.45, 7) is 2.57. The topological polar surface area (TPSA) is 17.1 Å². The van der Waals surface area contributed by atoms with Gasteiger partial charge in [-0.25, -0.2) is 0 Å². The molecule has 0 amide bonds. The Labute approximate surface area is 117 Å². The summed E-state index contributed by atoms with van der Waals surface area (Å²) in [7, 11) is 0. The van der Waals surface area contributed by atoms with Gasteiger partial charge in [-0.2, -0.15) is 0 Å². The van der Waals surface area contributed by atoms with Crippen molar-refractivity contribution in [2.24, 2.45) is 35.0 Å². The molecular formula is C18H28O. The van der Waals surface area contributed by atoms with E-state index in [9.17, 15) is 4.79 Å². The zero-order valence-electron chi connectivity index (χ0n) is 12.4. The van der Waals surface area contributed by atoms with Crippen LogP contribution in [0.15, 0.2) is 0 Å². The number of carbonyl (C=O) groups excluding carboxylic acids is 1. The SMILES string of the molecule is CC12CCCC1C1CCC3CCC(=O)CC3C1CC2. The van der Waals surface area contributed by atoms with Crippen LogP contribution in [0.5, 0.6) is 0 Å². The van der Waals surface area contributed by atoms with Gasteiger partial charge in [0, 0.05) is 12.8 Å². The number of Topliss-reactive ketones (excluding diaryl/α,β-unsaturated/α-hetero) is 1. The summed E-state index contributed by atoms with van der Waals surface area (Å²) in [6.07, 6.45) is 13.3. The van der Waals surface area contributed by atoms with Crippen LogP contribution in [-0.4, -0.2) is 5.78 Å². The predicted octanol–water partition coefficient (Wildman–Crippen LogP) is 4.60. The lowest BCUT2D eigenvalue weighted by atomic mass is 9.51. The molecule has 4 aliphatic rings. The quantitative estimate of drug-likeness (QED) is 0.622. The average Bonchev–Trinajstić information content (AvgIpc) is 2.80. The summed E-state index contributed by atoms with van der Waals surface area (Å²) in [4.78, 5) is 11.9. The second-order valence-corrected chi connectivity index (χ2v) is 8.30. The molecule has 1 nitrogen and oxygen atoms in total. The fourth-order valence-electron chi connectivity index (χ4n) is 6.61. The van der Waals surface area contributed by atoms with Gasteiger partial charge in [0.15, 0.2) is 0 Å². The van der Waals surface area contributed by atoms with E-state index in [4.69, 9.17) is 0 Å². The Morgan fingerprint density at radius 3 is 2.74 bits per heavy atom. The summed E-state index contributed by atoms with van der Waals surface area (Å²) in [5.74, 6) is 5.16. The van der Waals surface area contributed by atoms with E-state index in [0.717, 1.165) is 42.4 Å². The molecule has 0 spiro atoms. The second-order valence-electron chi connectivity index (χ2n) is 8.30. The second kappa shape index (κ2) is 4.33. The third-order valence-corrected chi connectivity index (χ3v) is 7.56. The molecule has 19 heavy (non-hydrogen) atoms. The fraction of sp³-hybridized carbons (Fsp3) is 0.944. The van der Waals surface area contributed by atoms with Gasteiger partial charge >= 0.3 is 0 Å². The van der Waals surface area contributed by atoms with Crippen molar-refractivity contribution in [3.05, 3.63) is 0 Å². The Kier molecular flexibility index (Phi) is 2.83. The van der Waals surface area contributed by atoms with Crippen molar-refractivity contribution in [3.8, 4) is 0 Å². The van der Waals surface area contributed by atoms with Crippen LogP contribution in [0.25, 0.3) is 0 Å². The maximum Gasteiger partial charge on any atom is 0.133 e. The molecule has 0 saturated heterocycles. The zero-order valence-corrected chi connectivity index (χ0v) is 12.4. The minimum atomic E-state index is 0.571. The van der Waals surface area contributed by atoms with E-state index < -0.39 is 0 Å². The molecule has 0 N–H and O–H groups in total. The van der Waals surface area contributed by atoms with Crippen LogP contribution < -0.4 is 0 Å². The molecule has 0 bridgehead atoms. The molecule has 0 aromatic rings. The lowest BCUT2D eigenvalue weighted by Gasteiger charge is -2.54. The summed E-state index contributed by atoms with van der Waals surface area (Å²) >= 11 is 0. The maximum atomic E-state index is 11.9. The number of fused-ring (bicyclic) bond motifs is 5. The predicted molar refractivity (Wildman–Crippen MR) is 76.7 cm³/mol. The monoisotopic (exact) mass is 260 g/mol. The van der Waals surface area contributed by atoms with E-state index in [1.165, 1.54) is 51.4 Å². The Balaban J connectivity index is 1.59. The van der Waals surface area contributed by atoms with Crippen molar-refractivity contribution in [2.45, 2.75) is 71.1 Å². The minimum Gasteiger partial charge on any atom is -0.300 e. The number of carbonyl (C=O) groups is 1. The lowest BCUT2D eigenvalue weighted by Crippen LogP contribution is -2.47. The van der Waals surface area contributed by atoms with Crippen molar-refractivity contribution in [1.29, 1.82) is 0 Å². The fourth-order valence-corrected chi connectivity index (χ4v) is 6.61. The molecule has 0 heterocycles. The third kappa shape index (κ3) is 1.83. The highest BCUT2D eigenvalue weighted by Gasteiger charge is 2.53. The highest BCUT2D eigenvalue weighted by atomic mass is 16.1. The first-order chi connectivity index (χ1) is 9.17. The Hall–Kier alpha value is -0.330. The number of rotatable bonds is 0. The summed E-state index contributed by atoms with van der Waals surface area (Å²) in [5.41, 5.74) is 0.673. The molecule has 6 unspecified atom stereocenters. The third-order valence-electron chi connectivity index (χ3n) is 7.56. The van der Waals surface area contributed by atoms with Gasteiger partial charge in [-0.3, -0.25) is 4.79 Å². The van der Waals surface area contributed by atoms with Crippen LogP contribution in [0.3, 0.4) is 0 Å². The first kappa shape index (κ1) is 12.4. The summed E-state index contributed by atoms with van der Waals surface area (Å²) in [5, 5.41) is 0. The van der Waals surface area contributed by atoms with E-state index in [2.05, 4.69) is 6.92 Å². The molecule has 4 saturated carbocycles. The highest BCUT2D eigenvalue weighted by molar-refractivity contribution is 5.79. The molecule has 0 aliphatic heterocycles. The van der Waals surface area contributed by atoms with Crippen LogP contribution in [0, 0.1) is 35.0 Å². The zero-order chi connectivity index (χ0) is 13.0. The molecule has 4 rings (SSSR count). The van der Waals surface area contributed by atoms with Crippen LogP contribution in [0.2, 0.25) is 0 Å². The Morgan fingerprint density at radius 1 is 0.947 bits per heavy atom. The maximum absolute atomic E-state index is 11.9. The molecule has 4 aliphatic carbocycles. The normalized spacial score (nSPS) is 53.3. The van der Waals surface area contributed by atoms with Gasteiger partial charge in [0.05, 0.1) is 0 Å². The molecular weight excluding hydrogens is 232 g/mol. The Bertz CT molecular complexity index is 387. The molecule has 1 heteroatoms. The first-order valence-corrected chi connectivity index (χ1v) is 8.69. The van der Waals surface area contributed by atoms with Gasteiger partial charge in [0.1, 0.15) is 5.78 Å². The molecule has 0 aromatic carbocycles. The van der Waals surface area contributed by atoms with Crippen molar-refractivity contribution in [3.63, 3.8) is 0 Å². The van der Waals surface area contributed by atoms with E-state index in [1.807, 2.05) is 0 Å². The average molecular weight is 260 g/mol. The summed E-state index contributed by atoms with van der Waals surface area (Å²) in [6, 6.07) is 0. The van der Waals surface area contributed by atoms with Gasteiger partial charge in [0.25, 0.3) is 0 Å². The lowest BCUT2D eigenvalue weighted by molar-refractivity contribution is -0.127. The van der Waals surface area contributed by atoms with E-state index in [0.29, 0.717) is 11.2 Å².